The van der Waals surface area contributed by atoms with Crippen LogP contribution in [0.4, 0.5) is 0 Å². The van der Waals surface area contributed by atoms with Gasteiger partial charge < -0.3 is 9.64 Å². The molecule has 2 aliphatic rings. The van der Waals surface area contributed by atoms with Crippen molar-refractivity contribution in [1.29, 1.82) is 0 Å². The summed E-state index contributed by atoms with van der Waals surface area (Å²) in [5.74, 6) is 0.334. The average Bonchev–Trinajstić information content (AvgIpc) is 2.37. The van der Waals surface area contributed by atoms with E-state index in [2.05, 4.69) is 25.7 Å². The Kier molecular flexibility index (Phi) is 4.78. The van der Waals surface area contributed by atoms with Gasteiger partial charge in [-0.2, -0.15) is 0 Å². The Bertz CT molecular complexity index is 339. The van der Waals surface area contributed by atoms with E-state index in [1.54, 1.807) is 7.11 Å². The van der Waals surface area contributed by atoms with Crippen LogP contribution in [0.15, 0.2) is 0 Å². The number of methoxy groups -OCH3 is 1. The van der Waals surface area contributed by atoms with E-state index in [1.807, 2.05) is 0 Å². The summed E-state index contributed by atoms with van der Waals surface area (Å²) in [5, 5.41) is 0. The van der Waals surface area contributed by atoms with E-state index >= 15 is 0 Å². The molecule has 1 heterocycles. The molecule has 116 valence electrons. The first-order chi connectivity index (χ1) is 9.36. The van der Waals surface area contributed by atoms with Crippen molar-refractivity contribution < 1.29 is 9.53 Å². The molecule has 3 heteroatoms. The minimum atomic E-state index is 0.0464. The minimum Gasteiger partial charge on any atom is -0.380 e. The van der Waals surface area contributed by atoms with E-state index in [1.165, 1.54) is 25.7 Å². The number of piperidine rings is 1. The van der Waals surface area contributed by atoms with Crippen LogP contribution in [-0.4, -0.2) is 36.1 Å². The third-order valence-corrected chi connectivity index (χ3v) is 5.49. The van der Waals surface area contributed by atoms with Gasteiger partial charge in [0.1, 0.15) is 0 Å². The quantitative estimate of drug-likeness (QED) is 0.771. The maximum absolute atomic E-state index is 12.4. The number of nitrogens with zero attached hydrogens (tertiary/aromatic N) is 1. The zero-order valence-electron chi connectivity index (χ0n) is 13.7. The summed E-state index contributed by atoms with van der Waals surface area (Å²) in [7, 11) is 1.77. The van der Waals surface area contributed by atoms with Gasteiger partial charge in [-0.25, -0.2) is 0 Å². The third-order valence-electron chi connectivity index (χ3n) is 5.49. The summed E-state index contributed by atoms with van der Waals surface area (Å²) in [4.78, 5) is 14.5. The zero-order chi connectivity index (χ0) is 14.8. The van der Waals surface area contributed by atoms with Gasteiger partial charge in [-0.1, -0.05) is 26.7 Å². The van der Waals surface area contributed by atoms with Crippen molar-refractivity contribution >= 4 is 5.91 Å². The van der Waals surface area contributed by atoms with Crippen molar-refractivity contribution in [2.75, 3.05) is 13.7 Å². The van der Waals surface area contributed by atoms with Crippen molar-refractivity contribution in [3.8, 4) is 0 Å². The van der Waals surface area contributed by atoms with Crippen LogP contribution in [0.2, 0.25) is 0 Å². The van der Waals surface area contributed by atoms with Crippen LogP contribution in [-0.2, 0) is 9.53 Å². The maximum atomic E-state index is 12.4. The van der Waals surface area contributed by atoms with Gasteiger partial charge in [0, 0.05) is 25.6 Å². The topological polar surface area (TPSA) is 29.5 Å². The Labute approximate surface area is 124 Å². The first-order valence-corrected chi connectivity index (χ1v) is 8.20. The normalized spacial score (nSPS) is 30.7. The lowest BCUT2D eigenvalue weighted by Crippen LogP contribution is -2.55. The summed E-state index contributed by atoms with van der Waals surface area (Å²) in [5.41, 5.74) is 0.521. The van der Waals surface area contributed by atoms with Crippen molar-refractivity contribution in [3.05, 3.63) is 0 Å². The number of rotatable bonds is 2. The molecule has 1 unspecified atom stereocenters. The van der Waals surface area contributed by atoms with Crippen LogP contribution >= 0.6 is 0 Å². The van der Waals surface area contributed by atoms with Gasteiger partial charge in [-0.05, 0) is 44.4 Å². The van der Waals surface area contributed by atoms with Crippen LogP contribution in [0.25, 0.3) is 0 Å². The fourth-order valence-electron chi connectivity index (χ4n) is 3.95. The predicted molar refractivity (Wildman–Crippen MR) is 81.6 cm³/mol. The number of amides is 1. The van der Waals surface area contributed by atoms with Gasteiger partial charge in [0.2, 0.25) is 5.91 Å². The highest BCUT2D eigenvalue weighted by Crippen LogP contribution is 2.39. The molecule has 20 heavy (non-hydrogen) atoms. The Morgan fingerprint density at radius 2 is 1.70 bits per heavy atom. The van der Waals surface area contributed by atoms with Crippen LogP contribution in [0.3, 0.4) is 0 Å². The smallest absolute Gasteiger partial charge is 0.223 e. The molecule has 0 aromatic heterocycles. The lowest BCUT2D eigenvalue weighted by Gasteiger charge is -2.47. The monoisotopic (exact) mass is 281 g/mol. The Hall–Kier alpha value is -0.570. The highest BCUT2D eigenvalue weighted by atomic mass is 16.5. The molecule has 0 spiro atoms. The van der Waals surface area contributed by atoms with Crippen molar-refractivity contribution in [3.63, 3.8) is 0 Å². The summed E-state index contributed by atoms with van der Waals surface area (Å²) < 4.78 is 5.50. The minimum absolute atomic E-state index is 0.0464. The molecule has 1 aliphatic carbocycles. The number of carbonyl (C=O) groups is 1. The van der Waals surface area contributed by atoms with E-state index in [0.29, 0.717) is 17.7 Å². The molecule has 2 rings (SSSR count). The van der Waals surface area contributed by atoms with Gasteiger partial charge in [0.25, 0.3) is 0 Å². The fourth-order valence-corrected chi connectivity index (χ4v) is 3.95. The van der Waals surface area contributed by atoms with Gasteiger partial charge in [0.05, 0.1) is 6.10 Å². The first kappa shape index (κ1) is 15.8. The van der Waals surface area contributed by atoms with Crippen molar-refractivity contribution in [1.82, 2.24) is 4.90 Å². The SMILES string of the molecule is COC1CCC(=O)N(C2(C)CCCC(C)(C)CCC2)C1. The number of carbonyl (C=O) groups excluding carboxylic acids is 1. The maximum Gasteiger partial charge on any atom is 0.223 e. The molecule has 1 amide bonds. The number of ether oxygens (including phenoxy) is 1. The summed E-state index contributed by atoms with van der Waals surface area (Å²) >= 11 is 0. The molecule has 1 aliphatic heterocycles. The molecule has 3 nitrogen and oxygen atoms in total. The van der Waals surface area contributed by atoms with E-state index in [4.69, 9.17) is 4.74 Å². The van der Waals surface area contributed by atoms with Gasteiger partial charge in [0.15, 0.2) is 0 Å². The fraction of sp³-hybridized carbons (Fsp3) is 0.941. The number of hydrogen-bond acceptors (Lipinski definition) is 2. The largest absolute Gasteiger partial charge is 0.380 e. The highest BCUT2D eigenvalue weighted by Gasteiger charge is 2.39. The number of hydrogen-bond donors (Lipinski definition) is 0. The van der Waals surface area contributed by atoms with E-state index in [0.717, 1.165) is 25.8 Å². The highest BCUT2D eigenvalue weighted by molar-refractivity contribution is 5.78. The third kappa shape index (κ3) is 3.55. The van der Waals surface area contributed by atoms with Crippen molar-refractivity contribution in [2.45, 2.75) is 83.8 Å². The molecule has 0 aromatic carbocycles. The second kappa shape index (κ2) is 6.05. The molecule has 0 bridgehead atoms. The van der Waals surface area contributed by atoms with Gasteiger partial charge >= 0.3 is 0 Å². The zero-order valence-corrected chi connectivity index (χ0v) is 13.7. The Morgan fingerprint density at radius 1 is 1.10 bits per heavy atom. The Morgan fingerprint density at radius 3 is 2.25 bits per heavy atom. The molecule has 1 saturated heterocycles. The average molecular weight is 281 g/mol. The van der Waals surface area contributed by atoms with Crippen LogP contribution in [0.1, 0.15) is 72.1 Å². The second-order valence-electron chi connectivity index (χ2n) is 7.77. The number of likely N-dealkylation sites (tertiary alicyclic amines) is 1. The molecule has 1 saturated carbocycles. The van der Waals surface area contributed by atoms with E-state index in [9.17, 15) is 4.79 Å². The molecule has 2 fully saturated rings. The second-order valence-corrected chi connectivity index (χ2v) is 7.77. The van der Waals surface area contributed by atoms with Gasteiger partial charge in [-0.15, -0.1) is 0 Å². The summed E-state index contributed by atoms with van der Waals surface area (Å²) in [6, 6.07) is 0. The van der Waals surface area contributed by atoms with Crippen LogP contribution < -0.4 is 0 Å². The lowest BCUT2D eigenvalue weighted by molar-refractivity contribution is -0.146. The lowest BCUT2D eigenvalue weighted by atomic mass is 9.74. The molecule has 1 atom stereocenters. The molecule has 0 radical (unpaired) electrons. The van der Waals surface area contributed by atoms with E-state index in [-0.39, 0.29) is 11.6 Å². The van der Waals surface area contributed by atoms with Gasteiger partial charge in [-0.3, -0.25) is 4.79 Å². The molecular weight excluding hydrogens is 250 g/mol. The van der Waals surface area contributed by atoms with E-state index < -0.39 is 0 Å². The van der Waals surface area contributed by atoms with Crippen LogP contribution in [0, 0.1) is 5.41 Å². The van der Waals surface area contributed by atoms with Crippen LogP contribution in [0.5, 0.6) is 0 Å². The molecule has 0 aromatic rings. The summed E-state index contributed by atoms with van der Waals surface area (Å²) in [6.45, 7) is 7.84. The summed E-state index contributed by atoms with van der Waals surface area (Å²) in [6.07, 6.45) is 9.05. The first-order valence-electron chi connectivity index (χ1n) is 8.20. The molecule has 0 N–H and O–H groups in total. The Balaban J connectivity index is 2.06. The predicted octanol–water partition coefficient (Wildman–Crippen LogP) is 3.76. The molecular formula is C17H31NO2. The standard InChI is InChI=1S/C17H31NO2/c1-16(2)9-5-11-17(3,12-6-10-16)18-13-14(20-4)7-8-15(18)19/h14H,5-13H2,1-4H3. The van der Waals surface area contributed by atoms with Crippen molar-refractivity contribution in [2.24, 2.45) is 5.41 Å².